The van der Waals surface area contributed by atoms with Crippen LogP contribution in [0.1, 0.15) is 80.0 Å². The van der Waals surface area contributed by atoms with Gasteiger partial charge in [-0.05, 0) is 104 Å². The third-order valence-electron chi connectivity index (χ3n) is 7.69. The maximum Gasteiger partial charge on any atom is 0.415 e. The van der Waals surface area contributed by atoms with Crippen LogP contribution in [0, 0.1) is 0 Å². The van der Waals surface area contributed by atoms with Crippen molar-refractivity contribution < 1.29 is 38.7 Å². The van der Waals surface area contributed by atoms with E-state index in [1.165, 1.54) is 30.6 Å². The van der Waals surface area contributed by atoms with Crippen LogP contribution in [0.5, 0.6) is 5.75 Å². The summed E-state index contributed by atoms with van der Waals surface area (Å²) in [6, 6.07) is 22.2. The summed E-state index contributed by atoms with van der Waals surface area (Å²) in [4.78, 5) is 37.3. The molecule has 6 rings (SSSR count). The molecule has 1 fully saturated rings. The highest BCUT2D eigenvalue weighted by Crippen LogP contribution is 2.34. The van der Waals surface area contributed by atoms with Gasteiger partial charge >= 0.3 is 6.09 Å². The molecule has 0 spiro atoms. The lowest BCUT2D eigenvalue weighted by atomic mass is 10.2. The molecule has 3 aromatic heterocycles. The molecule has 0 saturated carbocycles. The fourth-order valence-corrected chi connectivity index (χ4v) is 5.30. The molecule has 5 aromatic rings. The molecule has 0 radical (unpaired) electrons. The molecular weight excluding hydrogens is 704 g/mol. The van der Waals surface area contributed by atoms with E-state index in [1.807, 2.05) is 101 Å². The molecule has 1 amide bonds. The summed E-state index contributed by atoms with van der Waals surface area (Å²) in [7, 11) is 1.65. The highest BCUT2D eigenvalue weighted by molar-refractivity contribution is 5.97. The van der Waals surface area contributed by atoms with Crippen molar-refractivity contribution in [1.29, 1.82) is 0 Å². The first-order valence-electron chi connectivity index (χ1n) is 18.1. The second kappa shape index (κ2) is 18.3. The van der Waals surface area contributed by atoms with E-state index in [0.717, 1.165) is 40.7 Å². The monoisotopic (exact) mass is 758 g/mol. The Hall–Kier alpha value is -5.31. The smallest absolute Gasteiger partial charge is 0.415 e. The maximum atomic E-state index is 12.7. The Morgan fingerprint density at radius 3 is 2.29 bits per heavy atom. The van der Waals surface area contributed by atoms with Crippen molar-refractivity contribution >= 4 is 46.1 Å². The molecule has 55 heavy (non-hydrogen) atoms. The molecule has 296 valence electrons. The number of pyridine rings is 1. The molecule has 1 saturated heterocycles. The number of benzene rings is 2. The fraction of sp³-hybridized carbons (Fsp3) is 0.439. The number of anilines is 2. The number of ether oxygens (including phenoxy) is 4. The van der Waals surface area contributed by atoms with E-state index >= 15 is 0 Å². The van der Waals surface area contributed by atoms with E-state index in [-0.39, 0.29) is 17.9 Å². The molecule has 0 aliphatic carbocycles. The van der Waals surface area contributed by atoms with Crippen molar-refractivity contribution in [2.45, 2.75) is 104 Å². The number of rotatable bonds is 9. The molecule has 0 bridgehead atoms. The lowest BCUT2D eigenvalue weighted by Gasteiger charge is -2.24. The van der Waals surface area contributed by atoms with Crippen LogP contribution in [0.15, 0.2) is 79.3 Å². The van der Waals surface area contributed by atoms with E-state index in [1.54, 1.807) is 7.05 Å². The van der Waals surface area contributed by atoms with Gasteiger partial charge in [0.25, 0.3) is 6.47 Å². The molecule has 1 aliphatic heterocycles. The lowest BCUT2D eigenvalue weighted by molar-refractivity contribution is -0.138. The first kappa shape index (κ1) is 42.4. The summed E-state index contributed by atoms with van der Waals surface area (Å²) in [5, 5.41) is 21.3. The summed E-state index contributed by atoms with van der Waals surface area (Å²) in [6.07, 6.45) is 4.30. The van der Waals surface area contributed by atoms with Crippen LogP contribution in [0.25, 0.3) is 21.9 Å². The SMILES string of the molecule is CC(C)(C)OC=O.CC(C)(O)O.CN(C(=O)OC(C)(C)C)c1ncnc2c1ccn2C1CCC(COc2ccc3ccc(NCc4ccccc4)nc3c2)O1. The topological polar surface area (TPSA) is 170 Å². The number of carbonyl (C=O) groups is 2. The molecule has 14 heteroatoms. The minimum absolute atomic E-state index is 0.0734. The van der Waals surface area contributed by atoms with Crippen molar-refractivity contribution in [1.82, 2.24) is 19.5 Å². The summed E-state index contributed by atoms with van der Waals surface area (Å²) in [6.45, 7) is 15.2. The number of amides is 1. The average Bonchev–Trinajstić information content (AvgIpc) is 3.75. The molecule has 3 N–H and O–H groups in total. The minimum Gasteiger partial charge on any atom is -0.491 e. The predicted molar refractivity (Wildman–Crippen MR) is 212 cm³/mol. The van der Waals surface area contributed by atoms with Gasteiger partial charge in [-0.15, -0.1) is 0 Å². The molecule has 1 aliphatic rings. The number of hydrogen-bond donors (Lipinski definition) is 3. The van der Waals surface area contributed by atoms with Crippen molar-refractivity contribution in [3.05, 3.63) is 84.8 Å². The average molecular weight is 759 g/mol. The van der Waals surface area contributed by atoms with Crippen LogP contribution < -0.4 is 15.0 Å². The van der Waals surface area contributed by atoms with Gasteiger partial charge in [-0.3, -0.25) is 9.69 Å². The summed E-state index contributed by atoms with van der Waals surface area (Å²) in [5.41, 5.74) is 1.84. The number of hydrogen-bond acceptors (Lipinski definition) is 12. The van der Waals surface area contributed by atoms with Gasteiger partial charge in [0.15, 0.2) is 11.6 Å². The highest BCUT2D eigenvalue weighted by Gasteiger charge is 2.30. The first-order chi connectivity index (χ1) is 25.8. The number of nitrogens with one attached hydrogen (secondary N) is 1. The Labute approximate surface area is 322 Å². The van der Waals surface area contributed by atoms with E-state index in [0.29, 0.717) is 31.1 Å². The summed E-state index contributed by atoms with van der Waals surface area (Å²) >= 11 is 0. The van der Waals surface area contributed by atoms with Crippen LogP contribution >= 0.6 is 0 Å². The zero-order valence-electron chi connectivity index (χ0n) is 33.1. The van der Waals surface area contributed by atoms with Crippen LogP contribution in [0.3, 0.4) is 0 Å². The van der Waals surface area contributed by atoms with Gasteiger partial charge in [-0.25, -0.2) is 19.7 Å². The van der Waals surface area contributed by atoms with Crippen LogP contribution in [0.4, 0.5) is 16.4 Å². The largest absolute Gasteiger partial charge is 0.491 e. The van der Waals surface area contributed by atoms with Gasteiger partial charge < -0.3 is 39.0 Å². The first-order valence-corrected chi connectivity index (χ1v) is 18.1. The zero-order chi connectivity index (χ0) is 40.4. The van der Waals surface area contributed by atoms with Gasteiger partial charge in [-0.1, -0.05) is 30.3 Å². The van der Waals surface area contributed by atoms with E-state index in [2.05, 4.69) is 38.2 Å². The number of aromatic nitrogens is 4. The molecule has 2 aromatic carbocycles. The minimum atomic E-state index is -1.50. The maximum absolute atomic E-state index is 12.7. The molecule has 4 heterocycles. The van der Waals surface area contributed by atoms with Gasteiger partial charge in [0.05, 0.1) is 17.0 Å². The number of nitrogens with zero attached hydrogens (tertiary/aromatic N) is 5. The van der Waals surface area contributed by atoms with E-state index in [9.17, 15) is 9.59 Å². The zero-order valence-corrected chi connectivity index (χ0v) is 33.1. The third kappa shape index (κ3) is 13.8. The summed E-state index contributed by atoms with van der Waals surface area (Å²) in [5.74, 6) is 0.555. The normalized spacial score (nSPS) is 15.6. The summed E-state index contributed by atoms with van der Waals surface area (Å²) < 4.78 is 24.6. The molecule has 2 atom stereocenters. The lowest BCUT2D eigenvalue weighted by Crippen LogP contribution is -2.34. The van der Waals surface area contributed by atoms with Gasteiger partial charge in [0.2, 0.25) is 0 Å². The second-order valence-electron chi connectivity index (χ2n) is 15.5. The van der Waals surface area contributed by atoms with Crippen LogP contribution in [0.2, 0.25) is 0 Å². The van der Waals surface area contributed by atoms with Crippen molar-refractivity contribution in [3.8, 4) is 5.75 Å². The Bertz CT molecular complexity index is 1990. The van der Waals surface area contributed by atoms with E-state index < -0.39 is 17.5 Å². The van der Waals surface area contributed by atoms with Gasteiger partial charge in [0, 0.05) is 31.2 Å². The Kier molecular flexibility index (Phi) is 14.2. The fourth-order valence-electron chi connectivity index (χ4n) is 5.30. The molecule has 14 nitrogen and oxygen atoms in total. The van der Waals surface area contributed by atoms with Crippen LogP contribution in [-0.4, -0.2) is 79.0 Å². The second-order valence-corrected chi connectivity index (χ2v) is 15.5. The Morgan fingerprint density at radius 2 is 1.65 bits per heavy atom. The Balaban J connectivity index is 0.000000488. The molecule has 2 unspecified atom stereocenters. The van der Waals surface area contributed by atoms with Crippen LogP contribution in [-0.2, 0) is 25.5 Å². The van der Waals surface area contributed by atoms with Crippen molar-refractivity contribution in [3.63, 3.8) is 0 Å². The van der Waals surface area contributed by atoms with Gasteiger partial charge in [-0.2, -0.15) is 0 Å². The van der Waals surface area contributed by atoms with E-state index in [4.69, 9.17) is 29.4 Å². The Morgan fingerprint density at radius 1 is 0.964 bits per heavy atom. The number of fused-ring (bicyclic) bond motifs is 2. The highest BCUT2D eigenvalue weighted by atomic mass is 16.6. The third-order valence-corrected chi connectivity index (χ3v) is 7.69. The quantitative estimate of drug-likeness (QED) is 0.101. The molecular formula is C41H54N6O8. The van der Waals surface area contributed by atoms with Crippen molar-refractivity contribution in [2.75, 3.05) is 23.9 Å². The number of aliphatic hydroxyl groups is 2. The van der Waals surface area contributed by atoms with Crippen molar-refractivity contribution in [2.24, 2.45) is 0 Å². The standard InChI is InChI=1S/C33H36N6O4.C5H10O2.C3H8O2/c1-33(2,3)43-32(40)38(4)30-26-16-17-39(31(26)36-21-35-30)29-15-13-25(42-29)20-41-24-12-10-23-11-14-28(37-27(23)18-24)34-19-22-8-6-5-7-9-22;1-5(2,3)7-4-6;1-3(2,4)5/h5-12,14,16-18,21,25,29H,13,15,19-20H2,1-4H3,(H,34,37);4H,1-3H3;4-5H,1-2H3. The van der Waals surface area contributed by atoms with Gasteiger partial charge in [0.1, 0.15) is 47.6 Å². The predicted octanol–water partition coefficient (Wildman–Crippen LogP) is 7.38. The number of carbonyl (C=O) groups excluding carboxylic acids is 2.